The van der Waals surface area contributed by atoms with Crippen LogP contribution in [0.1, 0.15) is 45.4 Å². The van der Waals surface area contributed by atoms with E-state index in [4.69, 9.17) is 52.5 Å². The molecule has 0 aliphatic carbocycles. The van der Waals surface area contributed by atoms with Gasteiger partial charge in [0.1, 0.15) is 13.2 Å². The van der Waals surface area contributed by atoms with Crippen LogP contribution in [0.25, 0.3) is 0 Å². The Bertz CT molecular complexity index is 647. The predicted molar refractivity (Wildman–Crippen MR) is 173 cm³/mol. The summed E-state index contributed by atoms with van der Waals surface area (Å²) in [5, 5.41) is 11.0. The van der Waals surface area contributed by atoms with Crippen molar-refractivity contribution in [2.75, 3.05) is 152 Å². The van der Waals surface area contributed by atoms with Gasteiger partial charge in [0.2, 0.25) is 5.91 Å². The van der Waals surface area contributed by atoms with E-state index in [1.807, 2.05) is 0 Å². The Morgan fingerprint density at radius 2 is 0.723 bits per heavy atom. The lowest BCUT2D eigenvalue weighted by molar-refractivity contribution is -0.143. The molecule has 15 heteroatoms. The van der Waals surface area contributed by atoms with Crippen LogP contribution in [0.4, 0.5) is 0 Å². The Hall–Kier alpha value is -1.50. The molecule has 1 amide bonds. The third-order valence-electron chi connectivity index (χ3n) is 6.02. The summed E-state index contributed by atoms with van der Waals surface area (Å²) in [4.78, 5) is 21.6. The van der Waals surface area contributed by atoms with Crippen molar-refractivity contribution in [1.29, 1.82) is 0 Å². The molecule has 0 aromatic carbocycles. The monoisotopic (exact) mass is 685 g/mol. The maximum atomic E-state index is 11.4. The van der Waals surface area contributed by atoms with Crippen LogP contribution in [0.15, 0.2) is 0 Å². The van der Waals surface area contributed by atoms with E-state index in [0.29, 0.717) is 132 Å². The minimum Gasteiger partial charge on any atom is -0.480 e. The number of amides is 1. The van der Waals surface area contributed by atoms with Crippen LogP contribution < -0.4 is 5.32 Å². The van der Waals surface area contributed by atoms with Crippen molar-refractivity contribution >= 4 is 11.9 Å². The summed E-state index contributed by atoms with van der Waals surface area (Å²) in [6, 6.07) is 0. The summed E-state index contributed by atoms with van der Waals surface area (Å²) in [6.45, 7) is 11.8. The lowest BCUT2D eigenvalue weighted by Gasteiger charge is -2.09. The number of hydrogen-bond acceptors (Lipinski definition) is 13. The molecule has 0 aliphatic rings. The van der Waals surface area contributed by atoms with E-state index in [2.05, 4.69) is 17.0 Å². The molecule has 0 heterocycles. The maximum absolute atomic E-state index is 11.4. The second kappa shape index (κ2) is 40.7. The largest absolute Gasteiger partial charge is 0.480 e. The van der Waals surface area contributed by atoms with Crippen molar-refractivity contribution in [3.05, 3.63) is 0 Å². The maximum Gasteiger partial charge on any atom is 0.329 e. The SMILES string of the molecule is CCCCCCCCOCCOCCOCCOCCOCCOCCOCCOCCOCCOCCNC(=O)COCC(=O)O. The quantitative estimate of drug-likeness (QED) is 0.0893. The van der Waals surface area contributed by atoms with Gasteiger partial charge < -0.3 is 62.5 Å². The van der Waals surface area contributed by atoms with Gasteiger partial charge in [0, 0.05) is 13.2 Å². The minimum atomic E-state index is -1.12. The molecule has 47 heavy (non-hydrogen) atoms. The molecule has 0 aromatic rings. The molecule has 0 rings (SSSR count). The molecular formula is C32H63NO14. The highest BCUT2D eigenvalue weighted by Crippen LogP contribution is 2.04. The first-order chi connectivity index (χ1) is 23.2. The Morgan fingerprint density at radius 1 is 0.404 bits per heavy atom. The third kappa shape index (κ3) is 42.5. The van der Waals surface area contributed by atoms with Gasteiger partial charge in [-0.2, -0.15) is 0 Å². The van der Waals surface area contributed by atoms with E-state index in [1.54, 1.807) is 0 Å². The lowest BCUT2D eigenvalue weighted by atomic mass is 10.1. The van der Waals surface area contributed by atoms with Gasteiger partial charge in [-0.15, -0.1) is 0 Å². The normalized spacial score (nSPS) is 11.3. The zero-order valence-corrected chi connectivity index (χ0v) is 28.8. The van der Waals surface area contributed by atoms with Crippen LogP contribution in [0.5, 0.6) is 0 Å². The first-order valence-electron chi connectivity index (χ1n) is 17.0. The van der Waals surface area contributed by atoms with Gasteiger partial charge in [-0.1, -0.05) is 39.0 Å². The average molecular weight is 686 g/mol. The molecule has 0 atom stereocenters. The smallest absolute Gasteiger partial charge is 0.329 e. The summed E-state index contributed by atoms with van der Waals surface area (Å²) in [5.41, 5.74) is 0. The summed E-state index contributed by atoms with van der Waals surface area (Å²) < 4.78 is 59.3. The van der Waals surface area contributed by atoms with Gasteiger partial charge in [-0.3, -0.25) is 4.79 Å². The highest BCUT2D eigenvalue weighted by molar-refractivity contribution is 5.77. The van der Waals surface area contributed by atoms with Crippen LogP contribution in [0.2, 0.25) is 0 Å². The molecule has 0 aliphatic heterocycles. The van der Waals surface area contributed by atoms with E-state index in [1.165, 1.54) is 32.1 Å². The molecule has 0 spiro atoms. The zero-order valence-electron chi connectivity index (χ0n) is 28.8. The van der Waals surface area contributed by atoms with Gasteiger partial charge in [0.25, 0.3) is 0 Å². The zero-order chi connectivity index (χ0) is 34.1. The van der Waals surface area contributed by atoms with E-state index < -0.39 is 18.5 Å². The summed E-state index contributed by atoms with van der Waals surface area (Å²) in [7, 11) is 0. The number of ether oxygens (including phenoxy) is 11. The molecule has 15 nitrogen and oxygen atoms in total. The second-order valence-corrected chi connectivity index (χ2v) is 10.1. The van der Waals surface area contributed by atoms with Crippen LogP contribution in [-0.4, -0.2) is 169 Å². The van der Waals surface area contributed by atoms with Crippen LogP contribution in [0, 0.1) is 0 Å². The molecule has 0 bridgehead atoms. The lowest BCUT2D eigenvalue weighted by Crippen LogP contribution is -2.31. The molecule has 2 N–H and O–H groups in total. The number of hydrogen-bond donors (Lipinski definition) is 2. The van der Waals surface area contributed by atoms with Crippen molar-refractivity contribution in [3.8, 4) is 0 Å². The van der Waals surface area contributed by atoms with E-state index >= 15 is 0 Å². The van der Waals surface area contributed by atoms with E-state index in [-0.39, 0.29) is 6.61 Å². The van der Waals surface area contributed by atoms with Crippen molar-refractivity contribution in [2.24, 2.45) is 0 Å². The number of unbranched alkanes of at least 4 members (excludes halogenated alkanes) is 5. The molecule has 0 saturated heterocycles. The van der Waals surface area contributed by atoms with Crippen molar-refractivity contribution < 1.29 is 66.8 Å². The Labute approximate surface area is 281 Å². The van der Waals surface area contributed by atoms with Crippen LogP contribution in [-0.2, 0) is 61.7 Å². The summed E-state index contributed by atoms with van der Waals surface area (Å²) in [5.74, 6) is -1.52. The summed E-state index contributed by atoms with van der Waals surface area (Å²) in [6.07, 6.45) is 7.64. The minimum absolute atomic E-state index is 0.299. The number of carboxylic acids is 1. The second-order valence-electron chi connectivity index (χ2n) is 10.1. The van der Waals surface area contributed by atoms with Crippen LogP contribution in [0.3, 0.4) is 0 Å². The van der Waals surface area contributed by atoms with Gasteiger partial charge in [-0.25, -0.2) is 4.79 Å². The molecular weight excluding hydrogens is 622 g/mol. The van der Waals surface area contributed by atoms with Gasteiger partial charge in [-0.05, 0) is 6.42 Å². The number of aliphatic carboxylic acids is 1. The number of carbonyl (C=O) groups is 2. The fourth-order valence-corrected chi connectivity index (χ4v) is 3.61. The number of rotatable bonds is 41. The number of carbonyl (C=O) groups excluding carboxylic acids is 1. The van der Waals surface area contributed by atoms with E-state index in [0.717, 1.165) is 13.0 Å². The topological polar surface area (TPSA) is 168 Å². The van der Waals surface area contributed by atoms with Crippen molar-refractivity contribution in [1.82, 2.24) is 5.32 Å². The highest BCUT2D eigenvalue weighted by Gasteiger charge is 2.03. The molecule has 0 fully saturated rings. The van der Waals surface area contributed by atoms with Crippen molar-refractivity contribution in [3.63, 3.8) is 0 Å². The fraction of sp³-hybridized carbons (Fsp3) is 0.938. The first kappa shape index (κ1) is 45.5. The van der Waals surface area contributed by atoms with Gasteiger partial charge in [0.05, 0.1) is 126 Å². The molecule has 0 radical (unpaired) electrons. The Kier molecular flexibility index (Phi) is 39.4. The first-order valence-corrected chi connectivity index (χ1v) is 17.0. The predicted octanol–water partition coefficient (Wildman–Crippen LogP) is 1.73. The van der Waals surface area contributed by atoms with Crippen molar-refractivity contribution in [2.45, 2.75) is 45.4 Å². The van der Waals surface area contributed by atoms with E-state index in [9.17, 15) is 9.59 Å². The number of carboxylic acid groups (broad SMARTS) is 1. The standard InChI is InChI=1S/C32H63NO14/c1-2-3-4-5-6-7-9-37-11-13-39-15-17-41-19-21-43-23-25-45-27-28-46-26-24-44-22-20-42-18-16-40-14-12-38-10-8-33-31(34)29-47-30-32(35)36/h2-30H2,1H3,(H,33,34)(H,35,36). The third-order valence-corrected chi connectivity index (χ3v) is 6.02. The van der Waals surface area contributed by atoms with Gasteiger partial charge in [0.15, 0.2) is 0 Å². The molecule has 0 saturated carbocycles. The Morgan fingerprint density at radius 3 is 1.09 bits per heavy atom. The molecule has 0 unspecified atom stereocenters. The number of nitrogens with one attached hydrogen (secondary N) is 1. The van der Waals surface area contributed by atoms with Gasteiger partial charge >= 0.3 is 5.97 Å². The fourth-order valence-electron chi connectivity index (χ4n) is 3.61. The average Bonchev–Trinajstić information content (AvgIpc) is 3.06. The van der Waals surface area contributed by atoms with Crippen LogP contribution >= 0.6 is 0 Å². The molecule has 0 aromatic heterocycles. The Balaban J connectivity index is 3.08. The highest BCUT2D eigenvalue weighted by atomic mass is 16.6. The summed E-state index contributed by atoms with van der Waals surface area (Å²) >= 11 is 0. The molecule has 280 valence electrons.